The van der Waals surface area contributed by atoms with Gasteiger partial charge >= 0.3 is 0 Å². The molecule has 37 heavy (non-hydrogen) atoms. The molecule has 4 aromatic rings. The number of para-hydroxylation sites is 1. The van der Waals surface area contributed by atoms with Crippen LogP contribution >= 0.6 is 27.7 Å². The van der Waals surface area contributed by atoms with Crippen LogP contribution in [0, 0.1) is 0 Å². The molecule has 0 unspecified atom stereocenters. The largest absolute Gasteiger partial charge is 0.493 e. The highest BCUT2D eigenvalue weighted by Gasteiger charge is 2.17. The number of carbonyl (C=O) groups is 1. The van der Waals surface area contributed by atoms with E-state index < -0.39 is 0 Å². The maximum atomic E-state index is 12.5. The summed E-state index contributed by atoms with van der Waals surface area (Å²) < 4.78 is 18.9. The Morgan fingerprint density at radius 2 is 1.68 bits per heavy atom. The van der Waals surface area contributed by atoms with Crippen LogP contribution in [-0.4, -0.2) is 54.0 Å². The Morgan fingerprint density at radius 1 is 1.00 bits per heavy atom. The van der Waals surface area contributed by atoms with Crippen LogP contribution in [0.5, 0.6) is 17.2 Å². The van der Waals surface area contributed by atoms with E-state index in [-0.39, 0.29) is 11.7 Å². The number of hydrogen-bond donors (Lipinski definition) is 1. The number of carbonyl (C=O) groups excluding carboxylic acids is 1. The van der Waals surface area contributed by atoms with Crippen molar-refractivity contribution in [2.75, 3.05) is 27.1 Å². The van der Waals surface area contributed by atoms with E-state index in [0.29, 0.717) is 33.8 Å². The van der Waals surface area contributed by atoms with Gasteiger partial charge in [0, 0.05) is 21.3 Å². The monoisotopic (exact) mass is 581 g/mol. The summed E-state index contributed by atoms with van der Waals surface area (Å²) in [5.41, 5.74) is 5.02. The number of thioether (sulfide) groups is 1. The van der Waals surface area contributed by atoms with Gasteiger partial charge in [0.25, 0.3) is 5.91 Å². The molecule has 1 N–H and O–H groups in total. The Morgan fingerprint density at radius 3 is 2.30 bits per heavy atom. The number of halogens is 1. The second-order valence-electron chi connectivity index (χ2n) is 7.52. The number of rotatable bonds is 10. The standard InChI is InChI=1S/C26H24BrN5O4S/c1-34-21-13-17(14-22(35-2)24(21)36-3)15-28-29-23(33)16-37-26-31-30-25(18-9-11-19(27)12-10-18)32(26)20-7-5-4-6-8-20/h4-15H,16H2,1-3H3,(H,29,33). The van der Waals surface area contributed by atoms with Crippen LogP contribution in [0.3, 0.4) is 0 Å². The average Bonchev–Trinajstić information content (AvgIpc) is 3.36. The summed E-state index contributed by atoms with van der Waals surface area (Å²) in [6, 6.07) is 21.1. The van der Waals surface area contributed by atoms with Gasteiger partial charge in [-0.25, -0.2) is 5.43 Å². The molecule has 3 aromatic carbocycles. The first-order valence-electron chi connectivity index (χ1n) is 11.1. The molecule has 0 radical (unpaired) electrons. The van der Waals surface area contributed by atoms with E-state index >= 15 is 0 Å². The van der Waals surface area contributed by atoms with E-state index in [2.05, 4.69) is 36.7 Å². The highest BCUT2D eigenvalue weighted by Crippen LogP contribution is 2.37. The number of nitrogens with zero attached hydrogens (tertiary/aromatic N) is 4. The van der Waals surface area contributed by atoms with Crippen LogP contribution in [0.2, 0.25) is 0 Å². The molecule has 1 heterocycles. The SMILES string of the molecule is COc1cc(C=NNC(=O)CSc2nnc(-c3ccc(Br)cc3)n2-c2ccccc2)cc(OC)c1OC. The maximum Gasteiger partial charge on any atom is 0.250 e. The van der Waals surface area contributed by atoms with Crippen LogP contribution in [0.4, 0.5) is 0 Å². The first kappa shape index (κ1) is 26.2. The molecule has 0 aliphatic heterocycles. The number of benzene rings is 3. The fraction of sp³-hybridized carbons (Fsp3) is 0.154. The van der Waals surface area contributed by atoms with Crippen molar-refractivity contribution in [2.45, 2.75) is 5.16 Å². The molecule has 0 spiro atoms. The lowest BCUT2D eigenvalue weighted by molar-refractivity contribution is -0.118. The van der Waals surface area contributed by atoms with E-state index in [4.69, 9.17) is 14.2 Å². The van der Waals surface area contributed by atoms with Crippen molar-refractivity contribution in [3.05, 3.63) is 76.8 Å². The fourth-order valence-corrected chi connectivity index (χ4v) is 4.48. The third-order valence-corrected chi connectivity index (χ3v) is 6.63. The van der Waals surface area contributed by atoms with Crippen molar-refractivity contribution >= 4 is 39.8 Å². The number of aromatic nitrogens is 3. The molecule has 1 amide bonds. The molecule has 0 atom stereocenters. The molecule has 11 heteroatoms. The lowest BCUT2D eigenvalue weighted by Gasteiger charge is -2.12. The van der Waals surface area contributed by atoms with Crippen LogP contribution in [0.1, 0.15) is 5.56 Å². The second-order valence-corrected chi connectivity index (χ2v) is 9.38. The Hall–Kier alpha value is -3.83. The molecule has 0 fully saturated rings. The Balaban J connectivity index is 1.47. The summed E-state index contributed by atoms with van der Waals surface area (Å²) in [7, 11) is 4.60. The van der Waals surface area contributed by atoms with Crippen molar-refractivity contribution in [1.82, 2.24) is 20.2 Å². The number of amides is 1. The summed E-state index contributed by atoms with van der Waals surface area (Å²) in [6.45, 7) is 0. The lowest BCUT2D eigenvalue weighted by atomic mass is 10.2. The van der Waals surface area contributed by atoms with Crippen molar-refractivity contribution < 1.29 is 19.0 Å². The van der Waals surface area contributed by atoms with Crippen LogP contribution in [-0.2, 0) is 4.79 Å². The quantitative estimate of drug-likeness (QED) is 0.160. The molecule has 0 aliphatic rings. The summed E-state index contributed by atoms with van der Waals surface area (Å²) >= 11 is 4.73. The van der Waals surface area contributed by atoms with E-state index in [1.54, 1.807) is 12.1 Å². The summed E-state index contributed by atoms with van der Waals surface area (Å²) in [6.07, 6.45) is 1.51. The van der Waals surface area contributed by atoms with Gasteiger partial charge in [-0.15, -0.1) is 10.2 Å². The Kier molecular flexibility index (Phi) is 8.81. The first-order chi connectivity index (χ1) is 18.0. The highest BCUT2D eigenvalue weighted by molar-refractivity contribution is 9.10. The predicted octanol–water partition coefficient (Wildman–Crippen LogP) is 4.97. The van der Waals surface area contributed by atoms with Gasteiger partial charge < -0.3 is 14.2 Å². The number of nitrogens with one attached hydrogen (secondary N) is 1. The zero-order valence-electron chi connectivity index (χ0n) is 20.3. The summed E-state index contributed by atoms with van der Waals surface area (Å²) in [5, 5.41) is 13.4. The first-order valence-corrected chi connectivity index (χ1v) is 12.8. The molecule has 0 saturated heterocycles. The Labute approximate surface area is 227 Å². The molecule has 0 bridgehead atoms. The predicted molar refractivity (Wildman–Crippen MR) is 147 cm³/mol. The van der Waals surface area contributed by atoms with Gasteiger partial charge in [0.15, 0.2) is 22.5 Å². The molecule has 0 saturated carbocycles. The van der Waals surface area contributed by atoms with Crippen LogP contribution < -0.4 is 19.6 Å². The zero-order chi connectivity index (χ0) is 26.2. The van der Waals surface area contributed by atoms with E-state index in [9.17, 15) is 4.79 Å². The van der Waals surface area contributed by atoms with Gasteiger partial charge in [-0.1, -0.05) is 58.0 Å². The minimum atomic E-state index is -0.290. The van der Waals surface area contributed by atoms with E-state index in [0.717, 1.165) is 15.7 Å². The van der Waals surface area contributed by atoms with Gasteiger partial charge in [0.05, 0.1) is 33.3 Å². The van der Waals surface area contributed by atoms with Gasteiger partial charge in [0.1, 0.15) is 0 Å². The topological polar surface area (TPSA) is 99.9 Å². The van der Waals surface area contributed by atoms with E-state index in [1.165, 1.54) is 39.3 Å². The minimum absolute atomic E-state index is 0.0951. The number of ether oxygens (including phenoxy) is 3. The minimum Gasteiger partial charge on any atom is -0.493 e. The zero-order valence-corrected chi connectivity index (χ0v) is 22.7. The maximum absolute atomic E-state index is 12.5. The molecular formula is C26H24BrN5O4S. The summed E-state index contributed by atoms with van der Waals surface area (Å²) in [4.78, 5) is 12.5. The molecule has 1 aromatic heterocycles. The molecule has 4 rings (SSSR count). The normalized spacial score (nSPS) is 10.9. The van der Waals surface area contributed by atoms with Crippen molar-refractivity contribution in [1.29, 1.82) is 0 Å². The van der Waals surface area contributed by atoms with Gasteiger partial charge in [0.2, 0.25) is 5.75 Å². The van der Waals surface area contributed by atoms with Crippen molar-refractivity contribution in [3.8, 4) is 34.3 Å². The average molecular weight is 582 g/mol. The number of methoxy groups -OCH3 is 3. The highest BCUT2D eigenvalue weighted by atomic mass is 79.9. The molecule has 190 valence electrons. The number of hydrogen-bond acceptors (Lipinski definition) is 8. The Bertz CT molecular complexity index is 1370. The molecule has 9 nitrogen and oxygen atoms in total. The van der Waals surface area contributed by atoms with Crippen LogP contribution in [0.15, 0.2) is 81.5 Å². The van der Waals surface area contributed by atoms with Gasteiger partial charge in [-0.05, 0) is 36.4 Å². The van der Waals surface area contributed by atoms with Gasteiger partial charge in [-0.3, -0.25) is 9.36 Å². The van der Waals surface area contributed by atoms with Gasteiger partial charge in [-0.2, -0.15) is 5.10 Å². The number of hydrazone groups is 1. The fourth-order valence-electron chi connectivity index (χ4n) is 3.48. The van der Waals surface area contributed by atoms with Crippen molar-refractivity contribution in [3.63, 3.8) is 0 Å². The summed E-state index contributed by atoms with van der Waals surface area (Å²) in [5.74, 6) is 1.95. The second kappa shape index (κ2) is 12.4. The third kappa shape index (κ3) is 6.30. The smallest absolute Gasteiger partial charge is 0.250 e. The third-order valence-electron chi connectivity index (χ3n) is 5.17. The molecular weight excluding hydrogens is 558 g/mol. The van der Waals surface area contributed by atoms with E-state index in [1.807, 2.05) is 59.2 Å². The van der Waals surface area contributed by atoms with Crippen molar-refractivity contribution in [2.24, 2.45) is 5.10 Å². The molecule has 0 aliphatic carbocycles. The van der Waals surface area contributed by atoms with Crippen LogP contribution in [0.25, 0.3) is 17.1 Å². The lowest BCUT2D eigenvalue weighted by Crippen LogP contribution is -2.20.